The zero-order chi connectivity index (χ0) is 17.8. The van der Waals surface area contributed by atoms with Crippen molar-refractivity contribution in [1.82, 2.24) is 14.7 Å². The number of carbonyl (C=O) groups excluding carboxylic acids is 1. The second-order valence-electron chi connectivity index (χ2n) is 5.67. The van der Waals surface area contributed by atoms with Gasteiger partial charge in [-0.3, -0.25) is 9.48 Å². The van der Waals surface area contributed by atoms with E-state index in [9.17, 15) is 4.79 Å². The van der Waals surface area contributed by atoms with E-state index in [1.165, 1.54) is 0 Å². The lowest BCUT2D eigenvalue weighted by Gasteiger charge is -2.16. The smallest absolute Gasteiger partial charge is 0.272 e. The fourth-order valence-corrected chi connectivity index (χ4v) is 2.72. The van der Waals surface area contributed by atoms with Gasteiger partial charge < -0.3 is 14.1 Å². The zero-order valence-corrected chi connectivity index (χ0v) is 14.6. The van der Waals surface area contributed by atoms with E-state index in [0.717, 1.165) is 17.1 Å². The summed E-state index contributed by atoms with van der Waals surface area (Å²) in [5.74, 6) is 1.36. The quantitative estimate of drug-likeness (QED) is 0.690. The highest BCUT2D eigenvalue weighted by molar-refractivity contribution is 5.93. The maximum atomic E-state index is 12.8. The predicted octanol–water partition coefficient (Wildman–Crippen LogP) is 3.44. The molecule has 0 saturated carbocycles. The van der Waals surface area contributed by atoms with Crippen molar-refractivity contribution >= 4 is 5.91 Å². The highest BCUT2D eigenvalue weighted by Gasteiger charge is 2.21. The van der Waals surface area contributed by atoms with E-state index in [4.69, 9.17) is 9.15 Å². The third-order valence-corrected chi connectivity index (χ3v) is 4.00. The molecule has 1 amide bonds. The van der Waals surface area contributed by atoms with Crippen molar-refractivity contribution in [2.24, 2.45) is 0 Å². The molecule has 6 heteroatoms. The van der Waals surface area contributed by atoms with E-state index < -0.39 is 0 Å². The summed E-state index contributed by atoms with van der Waals surface area (Å²) in [7, 11) is 3.37. The minimum absolute atomic E-state index is 0.105. The summed E-state index contributed by atoms with van der Waals surface area (Å²) in [6.07, 6.45) is 1.60. The topological polar surface area (TPSA) is 60.5 Å². The Hall–Kier alpha value is -3.02. The van der Waals surface area contributed by atoms with Crippen molar-refractivity contribution in [1.29, 1.82) is 0 Å². The number of hydrogen-bond acceptors (Lipinski definition) is 4. The van der Waals surface area contributed by atoms with Crippen LogP contribution in [-0.2, 0) is 13.1 Å². The summed E-state index contributed by atoms with van der Waals surface area (Å²) in [4.78, 5) is 14.5. The van der Waals surface area contributed by atoms with Gasteiger partial charge in [-0.15, -0.1) is 0 Å². The first-order chi connectivity index (χ1) is 12.1. The van der Waals surface area contributed by atoms with E-state index in [1.807, 2.05) is 49.4 Å². The Morgan fingerprint density at radius 3 is 2.76 bits per heavy atom. The molecule has 130 valence electrons. The van der Waals surface area contributed by atoms with Gasteiger partial charge in [-0.05, 0) is 37.3 Å². The molecule has 3 rings (SSSR count). The number of ether oxygens (including phenoxy) is 1. The number of nitrogens with zero attached hydrogens (tertiary/aromatic N) is 3. The molecule has 0 unspecified atom stereocenters. The molecule has 0 saturated heterocycles. The largest absolute Gasteiger partial charge is 0.496 e. The van der Waals surface area contributed by atoms with Crippen LogP contribution in [0.2, 0.25) is 0 Å². The minimum atomic E-state index is -0.105. The van der Waals surface area contributed by atoms with Crippen LogP contribution in [-0.4, -0.2) is 34.7 Å². The third-order valence-electron chi connectivity index (χ3n) is 4.00. The number of methoxy groups -OCH3 is 1. The number of benzene rings is 1. The molecule has 0 aliphatic heterocycles. The normalized spacial score (nSPS) is 10.7. The number of para-hydroxylation sites is 1. The van der Waals surface area contributed by atoms with E-state index >= 15 is 0 Å². The van der Waals surface area contributed by atoms with Crippen LogP contribution in [0.15, 0.2) is 53.1 Å². The lowest BCUT2D eigenvalue weighted by molar-refractivity contribution is 0.0763. The van der Waals surface area contributed by atoms with Crippen LogP contribution >= 0.6 is 0 Å². The first kappa shape index (κ1) is 16.8. The molecule has 0 N–H and O–H groups in total. The summed E-state index contributed by atoms with van der Waals surface area (Å²) >= 11 is 0. The average molecular weight is 339 g/mol. The molecule has 3 aromatic rings. The number of rotatable bonds is 6. The number of amides is 1. The Morgan fingerprint density at radius 2 is 2.08 bits per heavy atom. The van der Waals surface area contributed by atoms with Crippen LogP contribution in [0.4, 0.5) is 0 Å². The number of aromatic nitrogens is 2. The molecule has 0 bridgehead atoms. The molecular weight excluding hydrogens is 318 g/mol. The summed E-state index contributed by atoms with van der Waals surface area (Å²) in [5.41, 5.74) is 2.12. The molecule has 0 spiro atoms. The van der Waals surface area contributed by atoms with Crippen LogP contribution in [0.25, 0.3) is 11.3 Å². The van der Waals surface area contributed by atoms with Crippen LogP contribution < -0.4 is 4.74 Å². The second-order valence-corrected chi connectivity index (χ2v) is 5.67. The van der Waals surface area contributed by atoms with E-state index in [1.54, 1.807) is 30.0 Å². The number of furan rings is 1. The number of hydrogen-bond donors (Lipinski definition) is 0. The fourth-order valence-electron chi connectivity index (χ4n) is 2.72. The van der Waals surface area contributed by atoms with Crippen LogP contribution in [0.5, 0.6) is 5.75 Å². The molecule has 0 aliphatic carbocycles. The maximum absolute atomic E-state index is 12.8. The van der Waals surface area contributed by atoms with Crippen molar-refractivity contribution < 1.29 is 13.9 Å². The monoisotopic (exact) mass is 339 g/mol. The molecule has 2 heterocycles. The minimum Gasteiger partial charge on any atom is -0.496 e. The molecule has 0 radical (unpaired) electrons. The van der Waals surface area contributed by atoms with Gasteiger partial charge in [-0.2, -0.15) is 5.10 Å². The lowest BCUT2D eigenvalue weighted by Crippen LogP contribution is -2.28. The van der Waals surface area contributed by atoms with Gasteiger partial charge >= 0.3 is 0 Å². The molecule has 2 aromatic heterocycles. The zero-order valence-electron chi connectivity index (χ0n) is 14.6. The van der Waals surface area contributed by atoms with Crippen molar-refractivity contribution in [3.8, 4) is 17.0 Å². The average Bonchev–Trinajstić information content (AvgIpc) is 3.30. The molecule has 1 aromatic carbocycles. The Morgan fingerprint density at radius 1 is 1.28 bits per heavy atom. The van der Waals surface area contributed by atoms with E-state index in [2.05, 4.69) is 5.10 Å². The fraction of sp³-hybridized carbons (Fsp3) is 0.263. The van der Waals surface area contributed by atoms with E-state index in [0.29, 0.717) is 24.5 Å². The molecule has 0 fully saturated rings. The van der Waals surface area contributed by atoms with Crippen LogP contribution in [0, 0.1) is 0 Å². The van der Waals surface area contributed by atoms with E-state index in [-0.39, 0.29) is 5.91 Å². The molecule has 6 nitrogen and oxygen atoms in total. The summed E-state index contributed by atoms with van der Waals surface area (Å²) in [6, 6.07) is 13.1. The van der Waals surface area contributed by atoms with Gasteiger partial charge in [0.2, 0.25) is 0 Å². The summed E-state index contributed by atoms with van der Waals surface area (Å²) < 4.78 is 12.4. The standard InChI is InChI=1S/C19H21N3O3/c1-4-22-17(19(23)21(2)13-14-8-7-11-25-14)12-16(20-22)15-9-5-6-10-18(15)24-3/h5-12H,4,13H2,1-3H3. The molecular formula is C19H21N3O3. The first-order valence-electron chi connectivity index (χ1n) is 8.13. The van der Waals surface area contributed by atoms with Gasteiger partial charge in [-0.1, -0.05) is 12.1 Å². The van der Waals surface area contributed by atoms with Crippen molar-refractivity contribution in [3.05, 3.63) is 60.2 Å². The summed E-state index contributed by atoms with van der Waals surface area (Å²) in [5, 5.41) is 4.57. The van der Waals surface area contributed by atoms with Gasteiger partial charge in [0.25, 0.3) is 5.91 Å². The van der Waals surface area contributed by atoms with Crippen molar-refractivity contribution in [2.75, 3.05) is 14.2 Å². The summed E-state index contributed by atoms with van der Waals surface area (Å²) in [6.45, 7) is 2.97. The molecule has 0 atom stereocenters. The SMILES string of the molecule is CCn1nc(-c2ccccc2OC)cc1C(=O)N(C)Cc1ccco1. The Labute approximate surface area is 146 Å². The first-order valence-corrected chi connectivity index (χ1v) is 8.13. The highest BCUT2D eigenvalue weighted by atomic mass is 16.5. The Balaban J connectivity index is 1.91. The predicted molar refractivity (Wildman–Crippen MR) is 94.4 cm³/mol. The molecule has 0 aliphatic rings. The van der Waals surface area contributed by atoms with Crippen molar-refractivity contribution in [2.45, 2.75) is 20.0 Å². The maximum Gasteiger partial charge on any atom is 0.272 e. The van der Waals surface area contributed by atoms with Crippen LogP contribution in [0.3, 0.4) is 0 Å². The van der Waals surface area contributed by atoms with Gasteiger partial charge in [0.1, 0.15) is 17.2 Å². The van der Waals surface area contributed by atoms with Gasteiger partial charge in [0.05, 0.1) is 25.6 Å². The van der Waals surface area contributed by atoms with Gasteiger partial charge in [-0.25, -0.2) is 0 Å². The third kappa shape index (κ3) is 3.42. The van der Waals surface area contributed by atoms with Crippen molar-refractivity contribution in [3.63, 3.8) is 0 Å². The Kier molecular flexibility index (Phi) is 4.88. The highest BCUT2D eigenvalue weighted by Crippen LogP contribution is 2.29. The molecule has 25 heavy (non-hydrogen) atoms. The van der Waals surface area contributed by atoms with Gasteiger partial charge in [0.15, 0.2) is 0 Å². The number of aryl methyl sites for hydroxylation is 1. The Bertz CT molecular complexity index is 853. The number of carbonyl (C=O) groups is 1. The van der Waals surface area contributed by atoms with Crippen LogP contribution in [0.1, 0.15) is 23.2 Å². The lowest BCUT2D eigenvalue weighted by atomic mass is 10.1. The van der Waals surface area contributed by atoms with Gasteiger partial charge in [0, 0.05) is 19.2 Å². The second kappa shape index (κ2) is 7.25.